The molecule has 1 amide bonds. The average Bonchev–Trinajstić information content (AvgIpc) is 2.27. The molecular weight excluding hydrogens is 224 g/mol. The summed E-state index contributed by atoms with van der Waals surface area (Å²) >= 11 is 0. The van der Waals surface area contributed by atoms with Gasteiger partial charge in [-0.15, -0.1) is 0 Å². The van der Waals surface area contributed by atoms with Crippen molar-refractivity contribution in [2.75, 3.05) is 26.2 Å². The maximum absolute atomic E-state index is 11.7. The van der Waals surface area contributed by atoms with E-state index in [2.05, 4.69) is 18.7 Å². The van der Waals surface area contributed by atoms with Gasteiger partial charge in [0.2, 0.25) is 0 Å². The molecule has 0 spiro atoms. The second kappa shape index (κ2) is 5.12. The Morgan fingerprint density at radius 1 is 1.12 bits per heavy atom. The third-order valence-corrected chi connectivity index (χ3v) is 3.12. The fraction of sp³-hybridized carbons (Fsp3) is 0.818. The fourth-order valence-electron chi connectivity index (χ4n) is 1.81. The van der Waals surface area contributed by atoms with Gasteiger partial charge < -0.3 is 15.1 Å². The molecule has 6 heteroatoms. The zero-order valence-electron chi connectivity index (χ0n) is 10.5. The molecule has 0 radical (unpaired) electrons. The van der Waals surface area contributed by atoms with Crippen molar-refractivity contribution in [3.8, 4) is 0 Å². The summed E-state index contributed by atoms with van der Waals surface area (Å²) in [5.41, 5.74) is 0. The number of aliphatic hydroxyl groups is 2. The molecule has 6 nitrogen and oxygen atoms in total. The largest absolute Gasteiger partial charge is 0.352 e. The maximum Gasteiger partial charge on any atom is 0.306 e. The number of amides is 1. The van der Waals surface area contributed by atoms with E-state index in [9.17, 15) is 19.8 Å². The fourth-order valence-corrected chi connectivity index (χ4v) is 1.81. The molecule has 17 heavy (non-hydrogen) atoms. The third kappa shape index (κ3) is 3.02. The van der Waals surface area contributed by atoms with Gasteiger partial charge in [0.05, 0.1) is 0 Å². The standard InChI is InChI=1S/C11H20N2O4/c1-8(2)12-4-6-13(7-5-12)10(15)11(16,17)9(3)14/h8,16-17H,4-7H2,1-3H3. The molecule has 1 rings (SSSR count). The summed E-state index contributed by atoms with van der Waals surface area (Å²) in [6, 6.07) is 0.396. The monoisotopic (exact) mass is 244 g/mol. The highest BCUT2D eigenvalue weighted by atomic mass is 16.5. The average molecular weight is 244 g/mol. The van der Waals surface area contributed by atoms with E-state index in [1.54, 1.807) is 0 Å². The van der Waals surface area contributed by atoms with Gasteiger partial charge in [0, 0.05) is 39.1 Å². The Hall–Kier alpha value is -0.980. The van der Waals surface area contributed by atoms with Crippen LogP contribution in [0.3, 0.4) is 0 Å². The lowest BCUT2D eigenvalue weighted by Crippen LogP contribution is -2.59. The van der Waals surface area contributed by atoms with Gasteiger partial charge in [-0.1, -0.05) is 0 Å². The molecule has 98 valence electrons. The van der Waals surface area contributed by atoms with Crippen LogP contribution in [0.25, 0.3) is 0 Å². The minimum Gasteiger partial charge on any atom is -0.352 e. The molecular formula is C11H20N2O4. The van der Waals surface area contributed by atoms with Gasteiger partial charge in [0.1, 0.15) is 0 Å². The molecule has 0 aromatic rings. The first-order valence-corrected chi connectivity index (χ1v) is 5.76. The highest BCUT2D eigenvalue weighted by molar-refractivity contribution is 6.06. The van der Waals surface area contributed by atoms with Crippen LogP contribution in [0, 0.1) is 0 Å². The molecule has 0 unspecified atom stereocenters. The van der Waals surface area contributed by atoms with Crippen LogP contribution in [0.1, 0.15) is 20.8 Å². The molecule has 1 saturated heterocycles. The predicted octanol–water partition coefficient (Wildman–Crippen LogP) is -1.19. The SMILES string of the molecule is CC(=O)C(O)(O)C(=O)N1CCN(C(C)C)CC1. The third-order valence-electron chi connectivity index (χ3n) is 3.12. The van der Waals surface area contributed by atoms with Gasteiger partial charge in [-0.25, -0.2) is 0 Å². The van der Waals surface area contributed by atoms with Crippen LogP contribution in [-0.4, -0.2) is 69.7 Å². The van der Waals surface area contributed by atoms with E-state index in [0.717, 1.165) is 6.92 Å². The zero-order chi connectivity index (χ0) is 13.2. The summed E-state index contributed by atoms with van der Waals surface area (Å²) in [4.78, 5) is 26.2. The lowest BCUT2D eigenvalue weighted by atomic mass is 10.1. The first-order chi connectivity index (χ1) is 7.76. The van der Waals surface area contributed by atoms with Crippen LogP contribution in [0.2, 0.25) is 0 Å². The lowest BCUT2D eigenvalue weighted by Gasteiger charge is -2.38. The second-order valence-electron chi connectivity index (χ2n) is 4.65. The molecule has 0 saturated carbocycles. The first kappa shape index (κ1) is 14.1. The molecule has 0 bridgehead atoms. The van der Waals surface area contributed by atoms with E-state index in [1.807, 2.05) is 0 Å². The van der Waals surface area contributed by atoms with E-state index >= 15 is 0 Å². The van der Waals surface area contributed by atoms with E-state index < -0.39 is 17.5 Å². The Morgan fingerprint density at radius 2 is 1.59 bits per heavy atom. The molecule has 0 aromatic heterocycles. The van der Waals surface area contributed by atoms with Crippen molar-refractivity contribution in [1.82, 2.24) is 9.80 Å². The van der Waals surface area contributed by atoms with Crippen molar-refractivity contribution in [2.24, 2.45) is 0 Å². The maximum atomic E-state index is 11.7. The molecule has 1 aliphatic heterocycles. The quantitative estimate of drug-likeness (QED) is 0.482. The molecule has 0 aromatic carbocycles. The topological polar surface area (TPSA) is 81.1 Å². The Kier molecular flexibility index (Phi) is 4.24. The summed E-state index contributed by atoms with van der Waals surface area (Å²) < 4.78 is 0. The van der Waals surface area contributed by atoms with Crippen molar-refractivity contribution in [3.63, 3.8) is 0 Å². The number of carbonyl (C=O) groups excluding carboxylic acids is 2. The van der Waals surface area contributed by atoms with Crippen molar-refractivity contribution in [3.05, 3.63) is 0 Å². The number of Topliss-reactive ketones (excluding diaryl/α,β-unsaturated/α-hetero) is 1. The van der Waals surface area contributed by atoms with Crippen molar-refractivity contribution in [2.45, 2.75) is 32.6 Å². The highest BCUT2D eigenvalue weighted by Gasteiger charge is 2.42. The minimum atomic E-state index is -2.87. The number of piperazine rings is 1. The molecule has 0 aliphatic carbocycles. The van der Waals surface area contributed by atoms with Crippen LogP contribution in [0.15, 0.2) is 0 Å². The Morgan fingerprint density at radius 3 is 1.94 bits per heavy atom. The van der Waals surface area contributed by atoms with Gasteiger partial charge in [-0.2, -0.15) is 0 Å². The second-order valence-corrected chi connectivity index (χ2v) is 4.65. The van der Waals surface area contributed by atoms with Gasteiger partial charge in [0.25, 0.3) is 5.91 Å². The Labute approximate surface area is 101 Å². The summed E-state index contributed by atoms with van der Waals surface area (Å²) in [5, 5.41) is 18.8. The van der Waals surface area contributed by atoms with Gasteiger partial charge >= 0.3 is 5.79 Å². The van der Waals surface area contributed by atoms with Crippen molar-refractivity contribution in [1.29, 1.82) is 0 Å². The van der Waals surface area contributed by atoms with E-state index in [0.29, 0.717) is 32.2 Å². The minimum absolute atomic E-state index is 0.396. The number of nitrogens with zero attached hydrogens (tertiary/aromatic N) is 2. The smallest absolute Gasteiger partial charge is 0.306 e. The van der Waals surface area contributed by atoms with Crippen LogP contribution >= 0.6 is 0 Å². The van der Waals surface area contributed by atoms with E-state index in [4.69, 9.17) is 0 Å². The van der Waals surface area contributed by atoms with Crippen molar-refractivity contribution < 1.29 is 19.8 Å². The number of carbonyl (C=O) groups is 2. The van der Waals surface area contributed by atoms with Gasteiger partial charge in [-0.3, -0.25) is 14.5 Å². The number of hydrogen-bond acceptors (Lipinski definition) is 5. The predicted molar refractivity (Wildman–Crippen MR) is 61.1 cm³/mol. The number of ketones is 1. The Balaban J connectivity index is 2.60. The first-order valence-electron chi connectivity index (χ1n) is 5.76. The zero-order valence-corrected chi connectivity index (χ0v) is 10.5. The molecule has 2 N–H and O–H groups in total. The van der Waals surface area contributed by atoms with Crippen LogP contribution < -0.4 is 0 Å². The molecule has 1 heterocycles. The number of rotatable bonds is 3. The molecule has 1 aliphatic rings. The lowest BCUT2D eigenvalue weighted by molar-refractivity contribution is -0.198. The van der Waals surface area contributed by atoms with Crippen LogP contribution in [-0.2, 0) is 9.59 Å². The van der Waals surface area contributed by atoms with Crippen LogP contribution in [0.5, 0.6) is 0 Å². The number of hydrogen-bond donors (Lipinski definition) is 2. The van der Waals surface area contributed by atoms with Crippen LogP contribution in [0.4, 0.5) is 0 Å². The van der Waals surface area contributed by atoms with E-state index in [-0.39, 0.29) is 0 Å². The summed E-state index contributed by atoms with van der Waals surface area (Å²) in [5.74, 6) is -4.75. The van der Waals surface area contributed by atoms with E-state index in [1.165, 1.54) is 4.90 Å². The normalized spacial score (nSPS) is 18.6. The Bertz CT molecular complexity index is 307. The molecule has 0 atom stereocenters. The van der Waals surface area contributed by atoms with Gasteiger partial charge in [-0.05, 0) is 13.8 Å². The summed E-state index contributed by atoms with van der Waals surface area (Å²) in [7, 11) is 0. The summed E-state index contributed by atoms with van der Waals surface area (Å²) in [6.07, 6.45) is 0. The highest BCUT2D eigenvalue weighted by Crippen LogP contribution is 2.12. The van der Waals surface area contributed by atoms with Gasteiger partial charge in [0.15, 0.2) is 5.78 Å². The summed E-state index contributed by atoms with van der Waals surface area (Å²) in [6.45, 7) is 7.29. The van der Waals surface area contributed by atoms with Crippen molar-refractivity contribution >= 4 is 11.7 Å². The molecule has 1 fully saturated rings.